The average Bonchev–Trinajstić information content (AvgIpc) is 2.62. The first-order chi connectivity index (χ1) is 7.68. The van der Waals surface area contributed by atoms with Crippen molar-refractivity contribution in [2.24, 2.45) is 5.73 Å². The summed E-state index contributed by atoms with van der Waals surface area (Å²) < 4.78 is 0. The van der Waals surface area contributed by atoms with Gasteiger partial charge in [-0.2, -0.15) is 0 Å². The van der Waals surface area contributed by atoms with E-state index in [-0.39, 0.29) is 0 Å². The molecule has 1 aromatic rings. The zero-order valence-corrected chi connectivity index (χ0v) is 10.3. The van der Waals surface area contributed by atoms with E-state index in [1.54, 1.807) is 0 Å². The van der Waals surface area contributed by atoms with Crippen LogP contribution in [0.25, 0.3) is 0 Å². The molecule has 2 rings (SSSR count). The van der Waals surface area contributed by atoms with Crippen LogP contribution in [-0.2, 0) is 0 Å². The van der Waals surface area contributed by atoms with Gasteiger partial charge in [-0.3, -0.25) is 4.90 Å². The second-order valence-corrected chi connectivity index (χ2v) is 5.00. The lowest BCUT2D eigenvalue weighted by molar-refractivity contribution is 0.248. The van der Waals surface area contributed by atoms with Crippen LogP contribution in [0.15, 0.2) is 30.3 Å². The summed E-state index contributed by atoms with van der Waals surface area (Å²) in [4.78, 5) is 2.52. The Bertz CT molecular complexity index is 323. The summed E-state index contributed by atoms with van der Waals surface area (Å²) in [6.45, 7) is 6.82. The molecule has 0 aliphatic carbocycles. The molecule has 2 N–H and O–H groups in total. The van der Waals surface area contributed by atoms with Crippen molar-refractivity contribution in [1.29, 1.82) is 0 Å². The minimum absolute atomic E-state index is 0.364. The summed E-state index contributed by atoms with van der Waals surface area (Å²) in [7, 11) is 0. The van der Waals surface area contributed by atoms with E-state index < -0.39 is 0 Å². The zero-order valence-electron chi connectivity index (χ0n) is 10.3. The standard InChI is InChI=1S/C14H22N2/c1-11(13-6-4-3-5-7-13)10-16-9-8-14(15)12(16)2/h3-7,11-12,14H,8-10,15H2,1-2H3. The lowest BCUT2D eigenvalue weighted by atomic mass is 10.0. The summed E-state index contributed by atoms with van der Waals surface area (Å²) in [6, 6.07) is 11.6. The van der Waals surface area contributed by atoms with Gasteiger partial charge in [0.15, 0.2) is 0 Å². The van der Waals surface area contributed by atoms with Gasteiger partial charge in [0.2, 0.25) is 0 Å². The highest BCUT2D eigenvalue weighted by atomic mass is 15.2. The van der Waals surface area contributed by atoms with E-state index >= 15 is 0 Å². The van der Waals surface area contributed by atoms with Crippen molar-refractivity contribution in [3.05, 3.63) is 35.9 Å². The Labute approximate surface area is 98.4 Å². The Hall–Kier alpha value is -0.860. The van der Waals surface area contributed by atoms with Gasteiger partial charge in [0.25, 0.3) is 0 Å². The number of nitrogens with zero attached hydrogens (tertiary/aromatic N) is 1. The monoisotopic (exact) mass is 218 g/mol. The average molecular weight is 218 g/mol. The van der Waals surface area contributed by atoms with E-state index in [0.717, 1.165) is 19.5 Å². The van der Waals surface area contributed by atoms with Gasteiger partial charge in [0, 0.05) is 25.2 Å². The van der Waals surface area contributed by atoms with Crippen molar-refractivity contribution >= 4 is 0 Å². The van der Waals surface area contributed by atoms with Crippen LogP contribution in [0.4, 0.5) is 0 Å². The molecule has 0 saturated carbocycles. The van der Waals surface area contributed by atoms with Gasteiger partial charge >= 0.3 is 0 Å². The molecular weight excluding hydrogens is 196 g/mol. The van der Waals surface area contributed by atoms with Crippen LogP contribution in [0.1, 0.15) is 31.7 Å². The molecule has 1 fully saturated rings. The second-order valence-electron chi connectivity index (χ2n) is 5.00. The number of hydrogen-bond donors (Lipinski definition) is 1. The molecule has 0 amide bonds. The Morgan fingerprint density at radius 1 is 1.38 bits per heavy atom. The van der Waals surface area contributed by atoms with Crippen molar-refractivity contribution in [3.63, 3.8) is 0 Å². The van der Waals surface area contributed by atoms with Crippen LogP contribution in [-0.4, -0.2) is 30.1 Å². The third-order valence-electron chi connectivity index (χ3n) is 3.82. The van der Waals surface area contributed by atoms with Crippen LogP contribution in [0.2, 0.25) is 0 Å². The predicted molar refractivity (Wildman–Crippen MR) is 68.5 cm³/mol. The van der Waals surface area contributed by atoms with E-state index in [1.807, 2.05) is 0 Å². The summed E-state index contributed by atoms with van der Waals surface area (Å²) in [5.41, 5.74) is 7.47. The number of rotatable bonds is 3. The van der Waals surface area contributed by atoms with Gasteiger partial charge in [-0.25, -0.2) is 0 Å². The van der Waals surface area contributed by atoms with Crippen molar-refractivity contribution in [2.75, 3.05) is 13.1 Å². The molecule has 1 heterocycles. The molecule has 1 saturated heterocycles. The largest absolute Gasteiger partial charge is 0.326 e. The lowest BCUT2D eigenvalue weighted by Crippen LogP contribution is -2.38. The molecule has 0 spiro atoms. The first-order valence-electron chi connectivity index (χ1n) is 6.23. The molecule has 0 bridgehead atoms. The van der Waals surface area contributed by atoms with Crippen molar-refractivity contribution in [1.82, 2.24) is 4.90 Å². The summed E-state index contributed by atoms with van der Waals surface area (Å²) in [6.07, 6.45) is 1.14. The molecule has 88 valence electrons. The van der Waals surface area contributed by atoms with Gasteiger partial charge in [0.05, 0.1) is 0 Å². The van der Waals surface area contributed by atoms with Gasteiger partial charge in [0.1, 0.15) is 0 Å². The van der Waals surface area contributed by atoms with Gasteiger partial charge in [-0.1, -0.05) is 37.3 Å². The highest BCUT2D eigenvalue weighted by Gasteiger charge is 2.28. The fourth-order valence-electron chi connectivity index (χ4n) is 2.53. The van der Waals surface area contributed by atoms with Crippen LogP contribution in [0, 0.1) is 0 Å². The quantitative estimate of drug-likeness (QED) is 0.843. The fraction of sp³-hybridized carbons (Fsp3) is 0.571. The number of nitrogens with two attached hydrogens (primary N) is 1. The lowest BCUT2D eigenvalue weighted by Gasteiger charge is -2.26. The van der Waals surface area contributed by atoms with Crippen LogP contribution in [0.5, 0.6) is 0 Å². The molecule has 0 radical (unpaired) electrons. The minimum Gasteiger partial charge on any atom is -0.326 e. The van der Waals surface area contributed by atoms with Crippen LogP contribution >= 0.6 is 0 Å². The number of likely N-dealkylation sites (tertiary alicyclic amines) is 1. The topological polar surface area (TPSA) is 29.3 Å². The first kappa shape index (κ1) is 11.6. The van der Waals surface area contributed by atoms with E-state index in [9.17, 15) is 0 Å². The molecule has 2 nitrogen and oxygen atoms in total. The maximum absolute atomic E-state index is 6.04. The smallest absolute Gasteiger partial charge is 0.0219 e. The van der Waals surface area contributed by atoms with Crippen molar-refractivity contribution < 1.29 is 0 Å². The molecule has 2 heteroatoms. The molecule has 16 heavy (non-hydrogen) atoms. The Balaban J connectivity index is 1.95. The van der Waals surface area contributed by atoms with Crippen LogP contribution < -0.4 is 5.73 Å². The SMILES string of the molecule is CC(CN1CCC(N)C1C)c1ccccc1. The van der Waals surface area contributed by atoms with Crippen molar-refractivity contribution in [2.45, 2.75) is 38.3 Å². The molecule has 0 aromatic heterocycles. The third kappa shape index (κ3) is 2.45. The van der Waals surface area contributed by atoms with E-state index in [1.165, 1.54) is 5.56 Å². The Morgan fingerprint density at radius 2 is 2.06 bits per heavy atom. The zero-order chi connectivity index (χ0) is 11.5. The highest BCUT2D eigenvalue weighted by molar-refractivity contribution is 5.19. The maximum atomic E-state index is 6.04. The third-order valence-corrected chi connectivity index (χ3v) is 3.82. The minimum atomic E-state index is 0.364. The molecule has 1 aromatic carbocycles. The van der Waals surface area contributed by atoms with Crippen molar-refractivity contribution in [3.8, 4) is 0 Å². The van der Waals surface area contributed by atoms with E-state index in [2.05, 4.69) is 49.1 Å². The molecule has 3 atom stereocenters. The van der Waals surface area contributed by atoms with Gasteiger partial charge < -0.3 is 5.73 Å². The van der Waals surface area contributed by atoms with E-state index in [0.29, 0.717) is 18.0 Å². The molecular formula is C14H22N2. The molecule has 1 aliphatic heterocycles. The Morgan fingerprint density at radius 3 is 2.62 bits per heavy atom. The normalized spacial score (nSPS) is 28.2. The maximum Gasteiger partial charge on any atom is 0.0219 e. The first-order valence-corrected chi connectivity index (χ1v) is 6.23. The Kier molecular flexibility index (Phi) is 3.62. The van der Waals surface area contributed by atoms with Crippen LogP contribution in [0.3, 0.4) is 0 Å². The van der Waals surface area contributed by atoms with Gasteiger partial charge in [-0.15, -0.1) is 0 Å². The summed E-state index contributed by atoms with van der Waals surface area (Å²) >= 11 is 0. The molecule has 3 unspecified atom stereocenters. The number of hydrogen-bond acceptors (Lipinski definition) is 2. The van der Waals surface area contributed by atoms with E-state index in [4.69, 9.17) is 5.73 Å². The van der Waals surface area contributed by atoms with Gasteiger partial charge in [-0.05, 0) is 24.8 Å². The number of benzene rings is 1. The highest BCUT2D eigenvalue weighted by Crippen LogP contribution is 2.22. The summed E-state index contributed by atoms with van der Waals surface area (Å²) in [5, 5.41) is 0. The summed E-state index contributed by atoms with van der Waals surface area (Å²) in [5.74, 6) is 0.592. The molecule has 1 aliphatic rings. The second kappa shape index (κ2) is 4.98. The fourth-order valence-corrected chi connectivity index (χ4v) is 2.53. The predicted octanol–water partition coefficient (Wildman–Crippen LogP) is 2.21.